The van der Waals surface area contributed by atoms with Gasteiger partial charge in [-0.15, -0.1) is 0 Å². The number of likely N-dealkylation sites (tertiary alicyclic amines) is 2. The summed E-state index contributed by atoms with van der Waals surface area (Å²) in [5.41, 5.74) is 0.455. The molecule has 2 aliphatic rings. The molecular weight excluding hydrogens is 402 g/mol. The summed E-state index contributed by atoms with van der Waals surface area (Å²) in [5, 5.41) is 5.63. The number of nitrogens with zero attached hydrogens (tertiary/aromatic N) is 3. The molecule has 0 saturated carbocycles. The molecule has 3 heterocycles. The van der Waals surface area contributed by atoms with Crippen LogP contribution in [0, 0.1) is 0 Å². The van der Waals surface area contributed by atoms with Crippen LogP contribution < -0.4 is 10.6 Å². The highest BCUT2D eigenvalue weighted by atomic mass is 16.5. The minimum atomic E-state index is -0.767. The Morgan fingerprint density at radius 3 is 2.52 bits per heavy atom. The number of rotatable bonds is 5. The van der Waals surface area contributed by atoms with Gasteiger partial charge in [0.25, 0.3) is 5.91 Å². The Morgan fingerprint density at radius 1 is 1.16 bits per heavy atom. The average Bonchev–Trinajstić information content (AvgIpc) is 3.45. The third-order valence-electron chi connectivity index (χ3n) is 5.77. The number of methoxy groups -OCH3 is 1. The van der Waals surface area contributed by atoms with Crippen LogP contribution in [0.2, 0.25) is 0 Å². The van der Waals surface area contributed by atoms with Gasteiger partial charge in [-0.2, -0.15) is 0 Å². The van der Waals surface area contributed by atoms with Crippen molar-refractivity contribution in [3.05, 3.63) is 24.0 Å². The SMILES string of the molecule is COC(=O)[C@H]1CCCN1C(=O)[C@@H]1C[C@@H](NC(=O)NC(C)C)CN1C(=O)c1cccn1C. The van der Waals surface area contributed by atoms with Gasteiger partial charge in [-0.25, -0.2) is 9.59 Å². The molecular formula is C21H31N5O5. The molecule has 170 valence electrons. The van der Waals surface area contributed by atoms with E-state index in [1.54, 1.807) is 29.9 Å². The van der Waals surface area contributed by atoms with E-state index >= 15 is 0 Å². The molecule has 2 fully saturated rings. The number of hydrogen-bond donors (Lipinski definition) is 2. The first-order chi connectivity index (χ1) is 14.7. The van der Waals surface area contributed by atoms with E-state index in [9.17, 15) is 19.2 Å². The second-order valence-electron chi connectivity index (χ2n) is 8.40. The van der Waals surface area contributed by atoms with E-state index < -0.39 is 18.1 Å². The van der Waals surface area contributed by atoms with Crippen LogP contribution in [0.25, 0.3) is 0 Å². The lowest BCUT2D eigenvalue weighted by Crippen LogP contribution is -2.51. The van der Waals surface area contributed by atoms with Crippen LogP contribution in [0.5, 0.6) is 0 Å². The highest BCUT2D eigenvalue weighted by Gasteiger charge is 2.46. The fourth-order valence-corrected chi connectivity index (χ4v) is 4.32. The molecule has 2 saturated heterocycles. The average molecular weight is 434 g/mol. The van der Waals surface area contributed by atoms with Crippen molar-refractivity contribution < 1.29 is 23.9 Å². The zero-order chi connectivity index (χ0) is 22.7. The number of carbonyl (C=O) groups is 4. The number of hydrogen-bond acceptors (Lipinski definition) is 5. The van der Waals surface area contributed by atoms with Crippen molar-refractivity contribution in [2.24, 2.45) is 7.05 Å². The van der Waals surface area contributed by atoms with Gasteiger partial charge in [0.05, 0.1) is 13.2 Å². The van der Waals surface area contributed by atoms with Crippen LogP contribution >= 0.6 is 0 Å². The molecule has 0 spiro atoms. The van der Waals surface area contributed by atoms with Crippen LogP contribution in [-0.2, 0) is 21.4 Å². The van der Waals surface area contributed by atoms with Crippen molar-refractivity contribution in [1.29, 1.82) is 0 Å². The molecule has 0 bridgehead atoms. The molecule has 31 heavy (non-hydrogen) atoms. The number of aryl methyl sites for hydroxylation is 1. The van der Waals surface area contributed by atoms with Crippen molar-refractivity contribution in [2.45, 2.75) is 57.3 Å². The van der Waals surface area contributed by atoms with E-state index in [4.69, 9.17) is 4.74 Å². The first kappa shape index (κ1) is 22.6. The molecule has 10 heteroatoms. The zero-order valence-corrected chi connectivity index (χ0v) is 18.5. The fraction of sp³-hybridized carbons (Fsp3) is 0.619. The highest BCUT2D eigenvalue weighted by Crippen LogP contribution is 2.27. The highest BCUT2D eigenvalue weighted by molar-refractivity contribution is 5.98. The Bertz CT molecular complexity index is 851. The van der Waals surface area contributed by atoms with Gasteiger partial charge in [0.15, 0.2) is 0 Å². The normalized spacial score (nSPS) is 23.2. The maximum atomic E-state index is 13.4. The number of aromatic nitrogens is 1. The number of amides is 4. The van der Waals surface area contributed by atoms with E-state index in [-0.39, 0.29) is 42.9 Å². The zero-order valence-electron chi connectivity index (χ0n) is 18.5. The predicted molar refractivity (Wildman–Crippen MR) is 112 cm³/mol. The molecule has 0 radical (unpaired) electrons. The molecule has 3 rings (SSSR count). The molecule has 1 aromatic heterocycles. The van der Waals surface area contributed by atoms with Gasteiger partial charge in [0.2, 0.25) is 5.91 Å². The molecule has 3 atom stereocenters. The molecule has 1 aromatic rings. The van der Waals surface area contributed by atoms with E-state index in [1.165, 1.54) is 16.9 Å². The van der Waals surface area contributed by atoms with Gasteiger partial charge < -0.3 is 29.7 Å². The molecule has 0 unspecified atom stereocenters. The van der Waals surface area contributed by atoms with E-state index in [0.29, 0.717) is 25.1 Å². The van der Waals surface area contributed by atoms with Crippen molar-refractivity contribution >= 4 is 23.8 Å². The number of nitrogens with one attached hydrogen (secondary N) is 2. The number of esters is 1. The number of urea groups is 1. The first-order valence-corrected chi connectivity index (χ1v) is 10.6. The van der Waals surface area contributed by atoms with Crippen molar-refractivity contribution in [3.63, 3.8) is 0 Å². The van der Waals surface area contributed by atoms with Crippen molar-refractivity contribution in [1.82, 2.24) is 25.0 Å². The molecule has 2 aliphatic heterocycles. The van der Waals surface area contributed by atoms with Crippen LogP contribution in [0.15, 0.2) is 18.3 Å². The third kappa shape index (κ3) is 4.83. The maximum absolute atomic E-state index is 13.4. The van der Waals surface area contributed by atoms with Gasteiger partial charge in [0.1, 0.15) is 17.8 Å². The molecule has 2 N–H and O–H groups in total. The van der Waals surface area contributed by atoms with Gasteiger partial charge in [-0.05, 0) is 45.2 Å². The monoisotopic (exact) mass is 433 g/mol. The molecule has 10 nitrogen and oxygen atoms in total. The maximum Gasteiger partial charge on any atom is 0.328 e. The van der Waals surface area contributed by atoms with Gasteiger partial charge in [-0.1, -0.05) is 0 Å². The summed E-state index contributed by atoms with van der Waals surface area (Å²) in [6, 6.07) is 1.30. The summed E-state index contributed by atoms with van der Waals surface area (Å²) in [6.45, 7) is 4.36. The first-order valence-electron chi connectivity index (χ1n) is 10.6. The summed E-state index contributed by atoms with van der Waals surface area (Å²) in [7, 11) is 3.07. The Hall–Kier alpha value is -3.04. The Labute approximate surface area is 181 Å². The van der Waals surface area contributed by atoms with Gasteiger partial charge >= 0.3 is 12.0 Å². The van der Waals surface area contributed by atoms with Crippen LogP contribution in [0.1, 0.15) is 43.6 Å². The van der Waals surface area contributed by atoms with Crippen molar-refractivity contribution in [2.75, 3.05) is 20.2 Å². The predicted octanol–water partition coefficient (Wildman–Crippen LogP) is 0.480. The van der Waals surface area contributed by atoms with Gasteiger partial charge in [0, 0.05) is 32.4 Å². The minimum absolute atomic E-state index is 0.0367. The quantitative estimate of drug-likeness (QED) is 0.656. The van der Waals surface area contributed by atoms with Crippen LogP contribution in [0.3, 0.4) is 0 Å². The lowest BCUT2D eigenvalue weighted by atomic mass is 10.1. The Morgan fingerprint density at radius 2 is 1.90 bits per heavy atom. The molecule has 0 aliphatic carbocycles. The summed E-state index contributed by atoms with van der Waals surface area (Å²) in [6.07, 6.45) is 3.28. The topological polar surface area (TPSA) is 113 Å². The van der Waals surface area contributed by atoms with E-state index in [0.717, 1.165) is 0 Å². The van der Waals surface area contributed by atoms with E-state index in [2.05, 4.69) is 10.6 Å². The Kier molecular flexibility index (Phi) is 6.87. The second kappa shape index (κ2) is 9.40. The lowest BCUT2D eigenvalue weighted by Gasteiger charge is -2.30. The molecule has 0 aromatic carbocycles. The summed E-state index contributed by atoms with van der Waals surface area (Å²) in [5.74, 6) is -1.02. The number of ether oxygens (including phenoxy) is 1. The third-order valence-corrected chi connectivity index (χ3v) is 5.77. The fourth-order valence-electron chi connectivity index (χ4n) is 4.32. The smallest absolute Gasteiger partial charge is 0.328 e. The standard InChI is InChI=1S/C21H31N5O5/c1-13(2)22-21(30)23-14-11-17(19(28)25-10-6-8-16(25)20(29)31-4)26(12-14)18(27)15-7-5-9-24(15)3/h5,7,9,13-14,16-17H,6,8,10-12H2,1-4H3,(H2,22,23,30)/t14-,16-,17+/m1/s1. The lowest BCUT2D eigenvalue weighted by molar-refractivity contribution is -0.152. The van der Waals surface area contributed by atoms with Crippen LogP contribution in [0.4, 0.5) is 4.79 Å². The molecule has 4 amide bonds. The van der Waals surface area contributed by atoms with Crippen molar-refractivity contribution in [3.8, 4) is 0 Å². The van der Waals surface area contributed by atoms with E-state index in [1.807, 2.05) is 13.8 Å². The largest absolute Gasteiger partial charge is 0.467 e. The second-order valence-corrected chi connectivity index (χ2v) is 8.40. The minimum Gasteiger partial charge on any atom is -0.467 e. The summed E-state index contributed by atoms with van der Waals surface area (Å²) in [4.78, 5) is 54.0. The summed E-state index contributed by atoms with van der Waals surface area (Å²) < 4.78 is 6.55. The van der Waals surface area contributed by atoms with Gasteiger partial charge in [-0.3, -0.25) is 9.59 Å². The Balaban J connectivity index is 1.82. The number of carbonyl (C=O) groups excluding carboxylic acids is 4. The summed E-state index contributed by atoms with van der Waals surface area (Å²) >= 11 is 0. The van der Waals surface area contributed by atoms with Crippen LogP contribution in [-0.4, -0.2) is 82.5 Å².